The van der Waals surface area contributed by atoms with Gasteiger partial charge in [0.1, 0.15) is 0 Å². The monoisotopic (exact) mass is 331 g/mol. The first kappa shape index (κ1) is 18.3. The average Bonchev–Trinajstić information content (AvgIpc) is 2.60. The number of piperidine rings is 1. The van der Waals surface area contributed by atoms with Crippen LogP contribution in [0.4, 0.5) is 10.5 Å². The SMILES string of the molecule is CC[C@@H](C)c1ccccc1NC(=O)C1CCN(C(=O)N(C)C)CC1. The minimum Gasteiger partial charge on any atom is -0.331 e. The van der Waals surface area contributed by atoms with Crippen LogP contribution in [-0.2, 0) is 4.79 Å². The molecule has 0 aliphatic carbocycles. The molecule has 1 aromatic rings. The van der Waals surface area contributed by atoms with E-state index in [1.165, 1.54) is 5.56 Å². The Morgan fingerprint density at radius 3 is 2.46 bits per heavy atom. The molecule has 1 saturated heterocycles. The highest BCUT2D eigenvalue weighted by Gasteiger charge is 2.28. The van der Waals surface area contributed by atoms with Crippen molar-refractivity contribution in [2.75, 3.05) is 32.5 Å². The Morgan fingerprint density at radius 1 is 1.25 bits per heavy atom. The number of nitrogens with zero attached hydrogens (tertiary/aromatic N) is 2. The fraction of sp³-hybridized carbons (Fsp3) is 0.579. The summed E-state index contributed by atoms with van der Waals surface area (Å²) in [6, 6.07) is 8.06. The Bertz CT molecular complexity index is 578. The summed E-state index contributed by atoms with van der Waals surface area (Å²) < 4.78 is 0. The minimum absolute atomic E-state index is 0.0241. The van der Waals surface area contributed by atoms with Crippen molar-refractivity contribution in [3.63, 3.8) is 0 Å². The highest BCUT2D eigenvalue weighted by atomic mass is 16.2. The number of carbonyl (C=O) groups excluding carboxylic acids is 2. The third-order valence-corrected chi connectivity index (χ3v) is 4.88. The van der Waals surface area contributed by atoms with E-state index in [1.54, 1.807) is 19.0 Å². The zero-order valence-electron chi connectivity index (χ0n) is 15.2. The number of hydrogen-bond donors (Lipinski definition) is 1. The topological polar surface area (TPSA) is 52.7 Å². The number of rotatable bonds is 4. The molecule has 0 saturated carbocycles. The first-order chi connectivity index (χ1) is 11.4. The summed E-state index contributed by atoms with van der Waals surface area (Å²) in [6.07, 6.45) is 2.48. The molecule has 1 aliphatic heterocycles. The van der Waals surface area contributed by atoms with E-state index in [4.69, 9.17) is 0 Å². The predicted octanol–water partition coefficient (Wildman–Crippen LogP) is 3.53. The van der Waals surface area contributed by atoms with Crippen LogP contribution in [0.5, 0.6) is 0 Å². The van der Waals surface area contributed by atoms with Crippen molar-refractivity contribution in [1.82, 2.24) is 9.80 Å². The smallest absolute Gasteiger partial charge is 0.319 e. The Hall–Kier alpha value is -2.04. The molecule has 1 aliphatic rings. The largest absolute Gasteiger partial charge is 0.331 e. The Balaban J connectivity index is 1.96. The summed E-state index contributed by atoms with van der Waals surface area (Å²) in [5.74, 6) is 0.463. The van der Waals surface area contributed by atoms with Gasteiger partial charge in [0.15, 0.2) is 0 Å². The maximum absolute atomic E-state index is 12.6. The molecule has 0 unspecified atom stereocenters. The molecule has 1 N–H and O–H groups in total. The van der Waals surface area contributed by atoms with E-state index in [1.807, 2.05) is 23.1 Å². The standard InChI is InChI=1S/C19H29N3O2/c1-5-14(2)16-8-6-7-9-17(16)20-18(23)15-10-12-22(13-11-15)19(24)21(3)4/h6-9,14-15H,5,10-13H2,1-4H3,(H,20,23)/t14-/m1/s1. The summed E-state index contributed by atoms with van der Waals surface area (Å²) >= 11 is 0. The van der Waals surface area contributed by atoms with Gasteiger partial charge in [-0.05, 0) is 36.8 Å². The van der Waals surface area contributed by atoms with Crippen LogP contribution in [0.2, 0.25) is 0 Å². The number of amides is 3. The molecule has 0 radical (unpaired) electrons. The summed E-state index contributed by atoms with van der Waals surface area (Å²) in [5, 5.41) is 3.11. The molecule has 132 valence electrons. The molecule has 3 amide bonds. The second-order valence-corrected chi connectivity index (χ2v) is 6.82. The molecule has 1 aromatic carbocycles. The van der Waals surface area contributed by atoms with Crippen molar-refractivity contribution >= 4 is 17.6 Å². The van der Waals surface area contributed by atoms with Crippen LogP contribution in [0.3, 0.4) is 0 Å². The predicted molar refractivity (Wildman–Crippen MR) is 97.2 cm³/mol. The van der Waals surface area contributed by atoms with E-state index in [0.29, 0.717) is 19.0 Å². The van der Waals surface area contributed by atoms with Gasteiger partial charge in [-0.1, -0.05) is 32.0 Å². The van der Waals surface area contributed by atoms with Gasteiger partial charge >= 0.3 is 6.03 Å². The third kappa shape index (κ3) is 4.28. The molecule has 1 heterocycles. The summed E-state index contributed by atoms with van der Waals surface area (Å²) in [7, 11) is 3.51. The van der Waals surface area contributed by atoms with Crippen molar-refractivity contribution in [2.45, 2.75) is 39.0 Å². The van der Waals surface area contributed by atoms with Crippen LogP contribution in [0.25, 0.3) is 0 Å². The van der Waals surface area contributed by atoms with Gasteiger partial charge in [-0.25, -0.2) is 4.79 Å². The lowest BCUT2D eigenvalue weighted by Gasteiger charge is -2.33. The number of nitrogens with one attached hydrogen (secondary N) is 1. The van der Waals surface area contributed by atoms with Gasteiger partial charge in [-0.15, -0.1) is 0 Å². The highest BCUT2D eigenvalue weighted by Crippen LogP contribution is 2.28. The molecule has 2 rings (SSSR count). The molecular formula is C19H29N3O2. The lowest BCUT2D eigenvalue weighted by Crippen LogP contribution is -2.45. The number of urea groups is 1. The van der Waals surface area contributed by atoms with Crippen LogP contribution in [0.15, 0.2) is 24.3 Å². The summed E-state index contributed by atoms with van der Waals surface area (Å²) in [5.41, 5.74) is 2.11. The van der Waals surface area contributed by atoms with E-state index in [-0.39, 0.29) is 17.9 Å². The number of anilines is 1. The quantitative estimate of drug-likeness (QED) is 0.917. The van der Waals surface area contributed by atoms with Gasteiger partial charge in [0.2, 0.25) is 5.91 Å². The number of benzene rings is 1. The Labute approximate surface area is 145 Å². The van der Waals surface area contributed by atoms with Gasteiger partial charge in [0, 0.05) is 38.8 Å². The van der Waals surface area contributed by atoms with Crippen molar-refractivity contribution in [2.24, 2.45) is 5.92 Å². The second-order valence-electron chi connectivity index (χ2n) is 6.82. The molecule has 1 fully saturated rings. The number of para-hydroxylation sites is 1. The fourth-order valence-electron chi connectivity index (χ4n) is 3.11. The lowest BCUT2D eigenvalue weighted by molar-refractivity contribution is -0.121. The minimum atomic E-state index is -0.0267. The highest BCUT2D eigenvalue weighted by molar-refractivity contribution is 5.93. The Morgan fingerprint density at radius 2 is 1.88 bits per heavy atom. The summed E-state index contributed by atoms with van der Waals surface area (Å²) in [4.78, 5) is 28.0. The molecule has 0 bridgehead atoms. The molecular weight excluding hydrogens is 302 g/mol. The first-order valence-corrected chi connectivity index (χ1v) is 8.80. The molecule has 1 atom stereocenters. The van der Waals surface area contributed by atoms with E-state index in [9.17, 15) is 9.59 Å². The molecule has 24 heavy (non-hydrogen) atoms. The lowest BCUT2D eigenvalue weighted by atomic mass is 9.94. The van der Waals surface area contributed by atoms with Gasteiger partial charge in [0.25, 0.3) is 0 Å². The van der Waals surface area contributed by atoms with Crippen LogP contribution < -0.4 is 5.32 Å². The van der Waals surface area contributed by atoms with Gasteiger partial charge in [-0.3, -0.25) is 4.79 Å². The van der Waals surface area contributed by atoms with Gasteiger partial charge in [0.05, 0.1) is 0 Å². The van der Waals surface area contributed by atoms with E-state index in [0.717, 1.165) is 24.9 Å². The van der Waals surface area contributed by atoms with Crippen molar-refractivity contribution in [3.8, 4) is 0 Å². The van der Waals surface area contributed by atoms with Crippen molar-refractivity contribution in [1.29, 1.82) is 0 Å². The molecule has 0 aromatic heterocycles. The van der Waals surface area contributed by atoms with Crippen molar-refractivity contribution < 1.29 is 9.59 Å². The number of hydrogen-bond acceptors (Lipinski definition) is 2. The molecule has 0 spiro atoms. The molecule has 5 nitrogen and oxygen atoms in total. The first-order valence-electron chi connectivity index (χ1n) is 8.80. The van der Waals surface area contributed by atoms with Crippen molar-refractivity contribution in [3.05, 3.63) is 29.8 Å². The normalized spacial score (nSPS) is 16.6. The van der Waals surface area contributed by atoms with Gasteiger partial charge in [-0.2, -0.15) is 0 Å². The maximum atomic E-state index is 12.6. The van der Waals surface area contributed by atoms with E-state index >= 15 is 0 Å². The number of carbonyl (C=O) groups is 2. The number of likely N-dealkylation sites (tertiary alicyclic amines) is 1. The van der Waals surface area contributed by atoms with Gasteiger partial charge < -0.3 is 15.1 Å². The van der Waals surface area contributed by atoms with E-state index < -0.39 is 0 Å². The van der Waals surface area contributed by atoms with Crippen LogP contribution in [0, 0.1) is 5.92 Å². The fourth-order valence-corrected chi connectivity index (χ4v) is 3.11. The third-order valence-electron chi connectivity index (χ3n) is 4.88. The average molecular weight is 331 g/mol. The van der Waals surface area contributed by atoms with E-state index in [2.05, 4.69) is 25.2 Å². The zero-order valence-corrected chi connectivity index (χ0v) is 15.2. The summed E-state index contributed by atoms with van der Waals surface area (Å²) in [6.45, 7) is 5.61. The zero-order chi connectivity index (χ0) is 17.7. The Kier molecular flexibility index (Phi) is 6.23. The second kappa shape index (κ2) is 8.18. The van der Waals surface area contributed by atoms with Crippen LogP contribution in [0.1, 0.15) is 44.6 Å². The van der Waals surface area contributed by atoms with Crippen LogP contribution >= 0.6 is 0 Å². The molecule has 5 heteroatoms. The van der Waals surface area contributed by atoms with Crippen LogP contribution in [-0.4, -0.2) is 48.9 Å². The maximum Gasteiger partial charge on any atom is 0.319 e.